The van der Waals surface area contributed by atoms with Crippen LogP contribution in [0.4, 0.5) is 0 Å². The van der Waals surface area contributed by atoms with E-state index in [0.717, 1.165) is 17.6 Å². The van der Waals surface area contributed by atoms with E-state index in [-0.39, 0.29) is 23.6 Å². The molecule has 5 rings (SSSR count). The van der Waals surface area contributed by atoms with Gasteiger partial charge in [0.1, 0.15) is 35.4 Å². The van der Waals surface area contributed by atoms with Crippen LogP contribution in [0, 0.1) is 0 Å². The van der Waals surface area contributed by atoms with Crippen LogP contribution in [0.2, 0.25) is 0 Å². The van der Waals surface area contributed by atoms with Crippen molar-refractivity contribution in [2.75, 3.05) is 27.3 Å². The molecule has 0 bridgehead atoms. The smallest absolute Gasteiger partial charge is 0.243 e. The highest BCUT2D eigenvalue weighted by atomic mass is 32.2. The van der Waals surface area contributed by atoms with E-state index in [9.17, 15) is 8.42 Å². The predicted octanol–water partition coefficient (Wildman–Crippen LogP) is -0.843. The molecule has 164 valence electrons. The quantitative estimate of drug-likeness (QED) is 0.509. The van der Waals surface area contributed by atoms with Crippen molar-refractivity contribution in [3.8, 4) is 0 Å². The molecule has 4 heterocycles. The van der Waals surface area contributed by atoms with E-state index in [2.05, 4.69) is 34.1 Å². The first-order valence-corrected chi connectivity index (χ1v) is 11.7. The first-order chi connectivity index (χ1) is 14.9. The molecular formula is C20H25N6O4S+. The highest BCUT2D eigenvalue weighted by Gasteiger charge is 2.50. The average molecular weight is 446 g/mol. The minimum absolute atomic E-state index is 0.142. The van der Waals surface area contributed by atoms with Gasteiger partial charge in [-0.1, -0.05) is 23.4 Å². The van der Waals surface area contributed by atoms with Crippen molar-refractivity contribution in [3.63, 3.8) is 0 Å². The van der Waals surface area contributed by atoms with Crippen LogP contribution in [-0.2, 0) is 26.0 Å². The summed E-state index contributed by atoms with van der Waals surface area (Å²) in [5.41, 5.74) is 1.33. The van der Waals surface area contributed by atoms with Crippen molar-refractivity contribution in [1.82, 2.24) is 24.7 Å². The number of ether oxygens (including phenoxy) is 2. The van der Waals surface area contributed by atoms with Crippen LogP contribution >= 0.6 is 0 Å². The summed E-state index contributed by atoms with van der Waals surface area (Å²) in [6.45, 7) is 1.39. The van der Waals surface area contributed by atoms with E-state index in [4.69, 9.17) is 9.47 Å². The fraction of sp³-hybridized carbons (Fsp3) is 0.450. The number of sulfonamides is 1. The zero-order chi connectivity index (χ0) is 21.6. The van der Waals surface area contributed by atoms with Crippen molar-refractivity contribution >= 4 is 20.9 Å². The molecule has 3 aromatic rings. The van der Waals surface area contributed by atoms with Crippen molar-refractivity contribution in [2.45, 2.75) is 35.7 Å². The van der Waals surface area contributed by atoms with Crippen LogP contribution in [0.1, 0.15) is 11.7 Å². The first kappa shape index (κ1) is 20.5. The van der Waals surface area contributed by atoms with Crippen molar-refractivity contribution in [3.05, 3.63) is 48.4 Å². The van der Waals surface area contributed by atoms with Crippen molar-refractivity contribution < 1.29 is 22.8 Å². The molecule has 2 N–H and O–H groups in total. The molecule has 0 radical (unpaired) electrons. The normalized spacial score (nSPS) is 26.0. The van der Waals surface area contributed by atoms with Gasteiger partial charge in [-0.2, -0.15) is 0 Å². The van der Waals surface area contributed by atoms with Crippen LogP contribution in [0.25, 0.3) is 10.9 Å². The molecule has 0 amide bonds. The second kappa shape index (κ2) is 7.92. The van der Waals surface area contributed by atoms with Gasteiger partial charge in [-0.05, 0) is 12.1 Å². The van der Waals surface area contributed by atoms with Gasteiger partial charge in [-0.15, -0.1) is 5.10 Å². The van der Waals surface area contributed by atoms with E-state index in [1.54, 1.807) is 29.1 Å². The number of pyridine rings is 1. The maximum absolute atomic E-state index is 13.2. The molecule has 0 aliphatic carbocycles. The molecule has 4 atom stereocenters. The number of benzene rings is 1. The molecule has 0 saturated carbocycles. The summed E-state index contributed by atoms with van der Waals surface area (Å²) in [4.78, 5) is 5.66. The summed E-state index contributed by atoms with van der Waals surface area (Å²) in [6, 6.07) is 8.10. The molecule has 2 aliphatic heterocycles. The first-order valence-electron chi connectivity index (χ1n) is 10.2. The number of rotatable bonds is 6. The molecule has 31 heavy (non-hydrogen) atoms. The van der Waals surface area contributed by atoms with Gasteiger partial charge in [0.25, 0.3) is 0 Å². The maximum Gasteiger partial charge on any atom is 0.243 e. The Morgan fingerprint density at radius 2 is 1.97 bits per heavy atom. The van der Waals surface area contributed by atoms with Crippen LogP contribution < -0.4 is 9.62 Å². The van der Waals surface area contributed by atoms with E-state index >= 15 is 0 Å². The van der Waals surface area contributed by atoms with Gasteiger partial charge in [0, 0.05) is 11.6 Å². The van der Waals surface area contributed by atoms with E-state index in [1.165, 1.54) is 4.90 Å². The predicted molar refractivity (Wildman–Crippen MR) is 111 cm³/mol. The molecular weight excluding hydrogens is 420 g/mol. The zero-order valence-electron chi connectivity index (χ0n) is 17.3. The van der Waals surface area contributed by atoms with Crippen LogP contribution in [0.3, 0.4) is 0 Å². The Kier molecular flexibility index (Phi) is 5.22. The second-order valence-electron chi connectivity index (χ2n) is 8.30. The highest BCUT2D eigenvalue weighted by molar-refractivity contribution is 7.89. The summed E-state index contributed by atoms with van der Waals surface area (Å²) in [6.07, 6.45) is 2.81. The summed E-state index contributed by atoms with van der Waals surface area (Å²) in [5.74, 6) is 0. The number of nitrogens with zero attached hydrogens (tertiary/aromatic N) is 4. The third-order valence-electron chi connectivity index (χ3n) is 5.65. The third kappa shape index (κ3) is 3.83. The lowest BCUT2D eigenvalue weighted by atomic mass is 10.1. The van der Waals surface area contributed by atoms with Gasteiger partial charge in [0.15, 0.2) is 0 Å². The Bertz CT molecular complexity index is 1190. The van der Waals surface area contributed by atoms with Gasteiger partial charge in [-0.3, -0.25) is 4.98 Å². The fourth-order valence-corrected chi connectivity index (χ4v) is 5.69. The van der Waals surface area contributed by atoms with Crippen LogP contribution in [0.15, 0.2) is 47.6 Å². The Morgan fingerprint density at radius 1 is 1.16 bits per heavy atom. The SMILES string of the molecule is C[NH+](C)Cc1cn([C@H]2CO[C@H]3[C@@H]2OC[C@@H]3NS(=O)(=O)c2cccc3cccnc23)nn1. The topological polar surface area (TPSA) is 113 Å². The molecule has 10 nitrogen and oxygen atoms in total. The van der Waals surface area contributed by atoms with E-state index in [0.29, 0.717) is 12.1 Å². The Hall–Kier alpha value is -2.44. The highest BCUT2D eigenvalue weighted by Crippen LogP contribution is 2.34. The number of para-hydroxylation sites is 1. The summed E-state index contributed by atoms with van der Waals surface area (Å²) >= 11 is 0. The largest absolute Gasteiger partial charge is 0.371 e. The number of nitrogens with one attached hydrogen (secondary N) is 2. The van der Waals surface area contributed by atoms with E-state index in [1.807, 2.05) is 18.3 Å². The van der Waals surface area contributed by atoms with Gasteiger partial charge in [-0.25, -0.2) is 17.8 Å². The number of quaternary nitrogens is 1. The molecule has 0 unspecified atom stereocenters. The fourth-order valence-electron chi connectivity index (χ4n) is 4.28. The van der Waals surface area contributed by atoms with Gasteiger partial charge in [0.2, 0.25) is 10.0 Å². The lowest BCUT2D eigenvalue weighted by Gasteiger charge is -2.18. The molecule has 2 aliphatic rings. The van der Waals surface area contributed by atoms with E-state index < -0.39 is 22.2 Å². The van der Waals surface area contributed by atoms with Gasteiger partial charge < -0.3 is 14.4 Å². The molecule has 2 saturated heterocycles. The number of fused-ring (bicyclic) bond motifs is 2. The monoisotopic (exact) mass is 445 g/mol. The molecule has 2 aromatic heterocycles. The standard InChI is InChI=1S/C20H24N6O4S/c1-25(2)9-14-10-26(24-22-14)16-12-30-19-15(11-29-20(16)19)23-31(27,28)17-7-3-5-13-6-4-8-21-18(13)17/h3-8,10,15-16,19-20,23H,9,11-12H2,1-2H3/p+1/t15-,16-,19+,20+/m0/s1. The van der Waals surface area contributed by atoms with Crippen LogP contribution in [0.5, 0.6) is 0 Å². The number of aromatic nitrogens is 4. The zero-order valence-corrected chi connectivity index (χ0v) is 18.1. The Morgan fingerprint density at radius 3 is 2.81 bits per heavy atom. The van der Waals surface area contributed by atoms with Crippen molar-refractivity contribution in [1.29, 1.82) is 0 Å². The Labute approximate surface area is 180 Å². The second-order valence-corrected chi connectivity index (χ2v) is 9.98. The lowest BCUT2D eigenvalue weighted by Crippen LogP contribution is -3.04. The Balaban J connectivity index is 1.34. The molecule has 2 fully saturated rings. The maximum atomic E-state index is 13.2. The van der Waals surface area contributed by atoms with Crippen LogP contribution in [-0.4, -0.2) is 74.0 Å². The molecule has 1 aromatic carbocycles. The summed E-state index contributed by atoms with van der Waals surface area (Å²) in [7, 11) is 0.293. The van der Waals surface area contributed by atoms with Gasteiger partial charge in [0.05, 0.1) is 45.1 Å². The molecule has 0 spiro atoms. The minimum Gasteiger partial charge on any atom is -0.371 e. The minimum atomic E-state index is -3.81. The molecule has 11 heteroatoms. The van der Waals surface area contributed by atoms with Crippen molar-refractivity contribution in [2.24, 2.45) is 0 Å². The average Bonchev–Trinajstić information content (AvgIpc) is 3.45. The summed E-state index contributed by atoms with van der Waals surface area (Å²) in [5, 5.41) is 9.23. The number of hydrogen-bond acceptors (Lipinski definition) is 7. The lowest BCUT2D eigenvalue weighted by molar-refractivity contribution is -0.873. The number of hydrogen-bond donors (Lipinski definition) is 2. The van der Waals surface area contributed by atoms with Gasteiger partial charge >= 0.3 is 0 Å². The summed E-state index contributed by atoms with van der Waals surface area (Å²) < 4.78 is 42.8. The third-order valence-corrected chi connectivity index (χ3v) is 7.17.